The molecule has 0 bridgehead atoms. The Balaban J connectivity index is 2.31. The van der Waals surface area contributed by atoms with Gasteiger partial charge in [0.05, 0.1) is 12.7 Å². The number of nitrogens with one attached hydrogen (secondary N) is 1. The van der Waals surface area contributed by atoms with Gasteiger partial charge in [-0.3, -0.25) is 5.10 Å². The zero-order valence-electron chi connectivity index (χ0n) is 10.4. The van der Waals surface area contributed by atoms with E-state index in [9.17, 15) is 8.42 Å². The third kappa shape index (κ3) is 2.87. The molecule has 4 N–H and O–H groups in total. The third-order valence-electron chi connectivity index (χ3n) is 3.26. The quantitative estimate of drug-likeness (QED) is 0.306. The fraction of sp³-hybridized carbons (Fsp3) is 0.600. The highest BCUT2D eigenvalue weighted by molar-refractivity contribution is 7.89. The second-order valence-electron chi connectivity index (χ2n) is 4.51. The molecular formula is C10H17N5O3S. The van der Waals surface area contributed by atoms with E-state index < -0.39 is 10.0 Å². The van der Waals surface area contributed by atoms with Crippen LogP contribution in [-0.2, 0) is 10.0 Å². The van der Waals surface area contributed by atoms with E-state index in [1.165, 1.54) is 16.7 Å². The van der Waals surface area contributed by atoms with E-state index in [4.69, 9.17) is 10.9 Å². The molecule has 1 fully saturated rings. The van der Waals surface area contributed by atoms with Crippen molar-refractivity contribution in [1.29, 1.82) is 0 Å². The summed E-state index contributed by atoms with van der Waals surface area (Å²) >= 11 is 0. The molecule has 9 heteroatoms. The van der Waals surface area contributed by atoms with Crippen molar-refractivity contribution in [3.63, 3.8) is 0 Å². The molecule has 106 valence electrons. The average Bonchev–Trinajstić information content (AvgIpc) is 3.07. The van der Waals surface area contributed by atoms with Crippen molar-refractivity contribution in [2.45, 2.75) is 36.6 Å². The number of H-pyrrole nitrogens is 1. The van der Waals surface area contributed by atoms with Crippen LogP contribution in [0.5, 0.6) is 0 Å². The highest BCUT2D eigenvalue weighted by atomic mass is 32.2. The molecule has 1 aliphatic rings. The predicted octanol–water partition coefficient (Wildman–Crippen LogP) is 0.0894. The van der Waals surface area contributed by atoms with Gasteiger partial charge in [-0.25, -0.2) is 8.42 Å². The maximum Gasteiger partial charge on any atom is 0.246 e. The van der Waals surface area contributed by atoms with E-state index in [0.29, 0.717) is 0 Å². The number of aromatic amines is 1. The smallest absolute Gasteiger partial charge is 0.246 e. The summed E-state index contributed by atoms with van der Waals surface area (Å²) in [5, 5.41) is 17.6. The van der Waals surface area contributed by atoms with E-state index in [1.807, 2.05) is 0 Å². The number of aromatic nitrogens is 2. The van der Waals surface area contributed by atoms with Gasteiger partial charge in [0.2, 0.25) is 10.0 Å². The molecule has 0 aliphatic heterocycles. The van der Waals surface area contributed by atoms with Crippen molar-refractivity contribution in [3.8, 4) is 0 Å². The largest absolute Gasteiger partial charge is 0.409 e. The number of oxime groups is 1. The SMILES string of the molecule is NC(CN(C1CCCC1)S(=O)(=O)c1cn[nH]c1)=NO. The number of nitrogens with zero attached hydrogens (tertiary/aromatic N) is 3. The lowest BCUT2D eigenvalue weighted by atomic mass is 10.2. The van der Waals surface area contributed by atoms with E-state index >= 15 is 0 Å². The van der Waals surface area contributed by atoms with Gasteiger partial charge >= 0.3 is 0 Å². The van der Waals surface area contributed by atoms with Gasteiger partial charge in [0, 0.05) is 12.2 Å². The zero-order valence-corrected chi connectivity index (χ0v) is 11.2. The Morgan fingerprint density at radius 3 is 2.79 bits per heavy atom. The van der Waals surface area contributed by atoms with Crippen molar-refractivity contribution in [1.82, 2.24) is 14.5 Å². The first-order valence-electron chi connectivity index (χ1n) is 6.02. The molecule has 1 heterocycles. The second kappa shape index (κ2) is 5.57. The van der Waals surface area contributed by atoms with Crippen molar-refractivity contribution < 1.29 is 13.6 Å². The summed E-state index contributed by atoms with van der Waals surface area (Å²) in [5.41, 5.74) is 5.46. The van der Waals surface area contributed by atoms with Crippen LogP contribution in [0.4, 0.5) is 0 Å². The highest BCUT2D eigenvalue weighted by Gasteiger charge is 2.34. The van der Waals surface area contributed by atoms with E-state index in [1.54, 1.807) is 0 Å². The van der Waals surface area contributed by atoms with Gasteiger partial charge in [-0.05, 0) is 12.8 Å². The molecule has 0 atom stereocenters. The van der Waals surface area contributed by atoms with Gasteiger partial charge in [-0.1, -0.05) is 18.0 Å². The molecule has 1 aromatic rings. The van der Waals surface area contributed by atoms with Crippen LogP contribution in [0.1, 0.15) is 25.7 Å². The first kappa shape index (κ1) is 13.8. The average molecular weight is 287 g/mol. The summed E-state index contributed by atoms with van der Waals surface area (Å²) in [6, 6.07) is -0.111. The highest BCUT2D eigenvalue weighted by Crippen LogP contribution is 2.28. The standard InChI is InChI=1S/C10H17N5O3S/c11-10(14-16)7-15(8-3-1-2-4-8)19(17,18)9-5-12-13-6-9/h5-6,8,16H,1-4,7H2,(H2,11,14)(H,12,13). The van der Waals surface area contributed by atoms with Gasteiger partial charge in [-0.2, -0.15) is 9.40 Å². The molecule has 0 unspecified atom stereocenters. The first-order chi connectivity index (χ1) is 9.05. The Hall–Kier alpha value is -1.61. The van der Waals surface area contributed by atoms with Gasteiger partial charge in [0.1, 0.15) is 4.90 Å². The Morgan fingerprint density at radius 2 is 2.26 bits per heavy atom. The summed E-state index contributed by atoms with van der Waals surface area (Å²) in [6.07, 6.45) is 6.12. The molecule has 1 aliphatic carbocycles. The number of amidine groups is 1. The topological polar surface area (TPSA) is 125 Å². The molecule has 0 saturated heterocycles. The number of sulfonamides is 1. The van der Waals surface area contributed by atoms with Crippen LogP contribution < -0.4 is 5.73 Å². The minimum atomic E-state index is -3.68. The second-order valence-corrected chi connectivity index (χ2v) is 6.40. The summed E-state index contributed by atoms with van der Waals surface area (Å²) < 4.78 is 26.3. The molecule has 2 rings (SSSR count). The van der Waals surface area contributed by atoms with Crippen LogP contribution in [0, 0.1) is 0 Å². The summed E-state index contributed by atoms with van der Waals surface area (Å²) in [4.78, 5) is 0.0881. The minimum Gasteiger partial charge on any atom is -0.409 e. The fourth-order valence-corrected chi connectivity index (χ4v) is 3.87. The van der Waals surface area contributed by atoms with E-state index in [2.05, 4.69) is 15.4 Å². The molecule has 1 aromatic heterocycles. The maximum absolute atomic E-state index is 12.5. The lowest BCUT2D eigenvalue weighted by Gasteiger charge is -2.26. The zero-order chi connectivity index (χ0) is 13.9. The normalized spacial score (nSPS) is 18.3. The predicted molar refractivity (Wildman–Crippen MR) is 68.1 cm³/mol. The van der Waals surface area contributed by atoms with Crippen molar-refractivity contribution >= 4 is 15.9 Å². The van der Waals surface area contributed by atoms with Crippen molar-refractivity contribution in [3.05, 3.63) is 12.4 Å². The molecule has 19 heavy (non-hydrogen) atoms. The maximum atomic E-state index is 12.5. The molecule has 0 aromatic carbocycles. The van der Waals surface area contributed by atoms with E-state index in [-0.39, 0.29) is 23.3 Å². The number of rotatable bonds is 5. The molecule has 0 amide bonds. The molecular weight excluding hydrogens is 270 g/mol. The van der Waals surface area contributed by atoms with E-state index in [0.717, 1.165) is 25.7 Å². The van der Waals surface area contributed by atoms with Crippen molar-refractivity contribution in [2.24, 2.45) is 10.9 Å². The lowest BCUT2D eigenvalue weighted by molar-refractivity contribution is 0.308. The number of nitrogens with two attached hydrogens (primary N) is 1. The summed E-state index contributed by atoms with van der Waals surface area (Å²) in [7, 11) is -3.68. The summed E-state index contributed by atoms with van der Waals surface area (Å²) in [6.45, 7) is -0.116. The number of hydrogen-bond donors (Lipinski definition) is 3. The van der Waals surface area contributed by atoms with Crippen LogP contribution in [-0.4, -0.2) is 46.5 Å². The van der Waals surface area contributed by atoms with Gasteiger partial charge in [0.25, 0.3) is 0 Å². The Morgan fingerprint density at radius 1 is 1.58 bits per heavy atom. The van der Waals surface area contributed by atoms with Gasteiger partial charge in [-0.15, -0.1) is 0 Å². The van der Waals surface area contributed by atoms with Crippen LogP contribution in [0.15, 0.2) is 22.4 Å². The van der Waals surface area contributed by atoms with Crippen LogP contribution in [0.3, 0.4) is 0 Å². The molecule has 8 nitrogen and oxygen atoms in total. The van der Waals surface area contributed by atoms with Crippen LogP contribution >= 0.6 is 0 Å². The van der Waals surface area contributed by atoms with Gasteiger partial charge < -0.3 is 10.9 Å². The lowest BCUT2D eigenvalue weighted by Crippen LogP contribution is -2.44. The third-order valence-corrected chi connectivity index (χ3v) is 5.12. The van der Waals surface area contributed by atoms with Crippen molar-refractivity contribution in [2.75, 3.05) is 6.54 Å². The molecule has 1 saturated carbocycles. The summed E-state index contributed by atoms with van der Waals surface area (Å²) in [5.74, 6) is -0.126. The minimum absolute atomic E-state index is 0.0881. The Bertz CT molecular complexity index is 534. The fourth-order valence-electron chi connectivity index (χ4n) is 2.31. The van der Waals surface area contributed by atoms with Crippen LogP contribution in [0.2, 0.25) is 0 Å². The number of hydrogen-bond acceptors (Lipinski definition) is 5. The Labute approximate surface area is 111 Å². The van der Waals surface area contributed by atoms with Gasteiger partial charge in [0.15, 0.2) is 5.84 Å². The molecule has 0 spiro atoms. The first-order valence-corrected chi connectivity index (χ1v) is 7.46. The Kier molecular flexibility index (Phi) is 4.05. The van der Waals surface area contributed by atoms with Crippen LogP contribution in [0.25, 0.3) is 0 Å². The molecule has 0 radical (unpaired) electrons. The monoisotopic (exact) mass is 287 g/mol.